The zero-order valence-corrected chi connectivity index (χ0v) is 12.5. The second-order valence-corrected chi connectivity index (χ2v) is 5.16. The highest BCUT2D eigenvalue weighted by Gasteiger charge is 2.14. The monoisotopic (exact) mass is 270 g/mol. The molecule has 19 heavy (non-hydrogen) atoms. The van der Waals surface area contributed by atoms with E-state index in [1.807, 2.05) is 6.08 Å². The molecule has 0 saturated heterocycles. The lowest BCUT2D eigenvalue weighted by molar-refractivity contribution is -0.121. The van der Waals surface area contributed by atoms with Crippen LogP contribution < -0.4 is 11.1 Å². The van der Waals surface area contributed by atoms with Crippen LogP contribution in [0.4, 0.5) is 0 Å². The molecule has 112 valence electrons. The first-order chi connectivity index (χ1) is 9.11. The van der Waals surface area contributed by atoms with Crippen LogP contribution in [0.25, 0.3) is 0 Å². The maximum atomic E-state index is 11.6. The third-order valence-electron chi connectivity index (χ3n) is 3.26. The lowest BCUT2D eigenvalue weighted by Gasteiger charge is -2.19. The van der Waals surface area contributed by atoms with Crippen LogP contribution in [0.5, 0.6) is 0 Å². The van der Waals surface area contributed by atoms with Crippen LogP contribution in [0.3, 0.4) is 0 Å². The van der Waals surface area contributed by atoms with E-state index in [1.54, 1.807) is 0 Å². The lowest BCUT2D eigenvalue weighted by atomic mass is 9.88. The van der Waals surface area contributed by atoms with E-state index in [0.29, 0.717) is 44.6 Å². The minimum Gasteiger partial charge on any atom is -0.379 e. The third-order valence-corrected chi connectivity index (χ3v) is 3.26. The summed E-state index contributed by atoms with van der Waals surface area (Å²) in [6, 6.07) is 0. The van der Waals surface area contributed by atoms with Gasteiger partial charge in [0.2, 0.25) is 5.91 Å². The van der Waals surface area contributed by atoms with E-state index in [4.69, 9.17) is 10.5 Å². The van der Waals surface area contributed by atoms with Gasteiger partial charge < -0.3 is 15.8 Å². The molecule has 0 aromatic heterocycles. The molecule has 0 aliphatic heterocycles. The summed E-state index contributed by atoms with van der Waals surface area (Å²) in [6.45, 7) is 10.5. The summed E-state index contributed by atoms with van der Waals surface area (Å²) in [5.41, 5.74) is 5.59. The highest BCUT2D eigenvalue weighted by atomic mass is 16.5. The van der Waals surface area contributed by atoms with E-state index in [-0.39, 0.29) is 5.91 Å². The normalized spacial score (nSPS) is 12.4. The first-order valence-corrected chi connectivity index (χ1v) is 7.27. The summed E-state index contributed by atoms with van der Waals surface area (Å²) >= 11 is 0. The summed E-state index contributed by atoms with van der Waals surface area (Å²) in [5.74, 6) is 1.23. The van der Waals surface area contributed by atoms with Gasteiger partial charge in [0.1, 0.15) is 0 Å². The maximum Gasteiger partial charge on any atom is 0.220 e. The molecular weight excluding hydrogens is 240 g/mol. The Bertz CT molecular complexity index is 242. The van der Waals surface area contributed by atoms with Gasteiger partial charge in [-0.25, -0.2) is 0 Å². The number of hydrogen-bond donors (Lipinski definition) is 2. The minimum absolute atomic E-state index is 0.106. The second-order valence-electron chi connectivity index (χ2n) is 5.16. The largest absolute Gasteiger partial charge is 0.379 e. The van der Waals surface area contributed by atoms with Crippen LogP contribution >= 0.6 is 0 Å². The van der Waals surface area contributed by atoms with Crippen molar-refractivity contribution in [3.8, 4) is 0 Å². The molecule has 0 bridgehead atoms. The van der Waals surface area contributed by atoms with Crippen molar-refractivity contribution in [3.05, 3.63) is 12.7 Å². The molecule has 0 spiro atoms. The summed E-state index contributed by atoms with van der Waals surface area (Å²) < 4.78 is 5.32. The molecule has 3 N–H and O–H groups in total. The van der Waals surface area contributed by atoms with E-state index >= 15 is 0 Å². The fraction of sp³-hybridized carbons (Fsp3) is 0.800. The molecular formula is C15H30N2O2. The van der Waals surface area contributed by atoms with E-state index in [9.17, 15) is 4.79 Å². The van der Waals surface area contributed by atoms with E-state index in [1.165, 1.54) is 0 Å². The molecule has 0 aliphatic carbocycles. The number of carbonyl (C=O) groups is 1. The number of amides is 1. The number of hydrogen-bond acceptors (Lipinski definition) is 3. The lowest BCUT2D eigenvalue weighted by Crippen LogP contribution is -2.28. The van der Waals surface area contributed by atoms with Crippen LogP contribution in [-0.4, -0.2) is 32.2 Å². The average Bonchev–Trinajstić information content (AvgIpc) is 2.38. The fourth-order valence-electron chi connectivity index (χ4n) is 1.96. The number of nitrogens with two attached hydrogens (primary N) is 1. The molecule has 0 aromatic rings. The van der Waals surface area contributed by atoms with Crippen molar-refractivity contribution in [3.63, 3.8) is 0 Å². The zero-order valence-electron chi connectivity index (χ0n) is 12.5. The van der Waals surface area contributed by atoms with Gasteiger partial charge in [0, 0.05) is 13.0 Å². The van der Waals surface area contributed by atoms with Crippen molar-refractivity contribution >= 4 is 5.91 Å². The van der Waals surface area contributed by atoms with Gasteiger partial charge in [-0.05, 0) is 37.6 Å². The smallest absolute Gasteiger partial charge is 0.220 e. The predicted octanol–water partition coefficient (Wildman–Crippen LogP) is 2.10. The highest BCUT2D eigenvalue weighted by Crippen LogP contribution is 2.20. The number of carbonyl (C=O) groups excluding carboxylic acids is 1. The van der Waals surface area contributed by atoms with Crippen LogP contribution in [0.15, 0.2) is 12.7 Å². The molecule has 0 rings (SSSR count). The van der Waals surface area contributed by atoms with Crippen molar-refractivity contribution in [1.29, 1.82) is 0 Å². The van der Waals surface area contributed by atoms with Crippen molar-refractivity contribution in [1.82, 2.24) is 5.32 Å². The molecule has 0 saturated carbocycles. The molecule has 0 heterocycles. The van der Waals surface area contributed by atoms with Crippen LogP contribution in [-0.2, 0) is 9.53 Å². The first-order valence-electron chi connectivity index (χ1n) is 7.27. The molecule has 1 amide bonds. The Morgan fingerprint density at radius 3 is 2.68 bits per heavy atom. The van der Waals surface area contributed by atoms with Gasteiger partial charge >= 0.3 is 0 Å². The maximum absolute atomic E-state index is 11.6. The van der Waals surface area contributed by atoms with Crippen molar-refractivity contribution < 1.29 is 9.53 Å². The highest BCUT2D eigenvalue weighted by molar-refractivity contribution is 5.75. The standard InChI is InChI=1S/C15H30N2O2/c1-4-5-11-19-12-10-17-15(18)7-6-14(8-9-16)13(2)3/h4,13-14H,1,5-12,16H2,2-3H3,(H,17,18). The molecule has 1 unspecified atom stereocenters. The Kier molecular flexibility index (Phi) is 11.6. The van der Waals surface area contributed by atoms with Crippen molar-refractivity contribution in [2.24, 2.45) is 17.6 Å². The predicted molar refractivity (Wildman–Crippen MR) is 79.9 cm³/mol. The van der Waals surface area contributed by atoms with Crippen LogP contribution in [0, 0.1) is 11.8 Å². The van der Waals surface area contributed by atoms with Gasteiger partial charge in [-0.15, -0.1) is 6.58 Å². The van der Waals surface area contributed by atoms with Gasteiger partial charge in [0.15, 0.2) is 0 Å². The third kappa shape index (κ3) is 10.7. The van der Waals surface area contributed by atoms with Crippen molar-refractivity contribution in [2.45, 2.75) is 39.5 Å². The zero-order chi connectivity index (χ0) is 14.5. The molecule has 4 heteroatoms. The Balaban J connectivity index is 3.59. The fourth-order valence-corrected chi connectivity index (χ4v) is 1.96. The van der Waals surface area contributed by atoms with Gasteiger partial charge in [0.25, 0.3) is 0 Å². The average molecular weight is 270 g/mol. The molecule has 1 atom stereocenters. The van der Waals surface area contributed by atoms with Gasteiger partial charge in [-0.1, -0.05) is 19.9 Å². The second kappa shape index (κ2) is 12.2. The van der Waals surface area contributed by atoms with E-state index in [0.717, 1.165) is 19.3 Å². The number of rotatable bonds is 12. The molecule has 4 nitrogen and oxygen atoms in total. The Morgan fingerprint density at radius 1 is 1.37 bits per heavy atom. The quantitative estimate of drug-likeness (QED) is 0.421. The minimum atomic E-state index is 0.106. The Morgan fingerprint density at radius 2 is 2.11 bits per heavy atom. The van der Waals surface area contributed by atoms with Gasteiger partial charge in [0.05, 0.1) is 13.2 Å². The summed E-state index contributed by atoms with van der Waals surface area (Å²) in [7, 11) is 0. The van der Waals surface area contributed by atoms with Crippen LogP contribution in [0.1, 0.15) is 39.5 Å². The first kappa shape index (κ1) is 18.1. The number of ether oxygens (including phenoxy) is 1. The van der Waals surface area contributed by atoms with E-state index < -0.39 is 0 Å². The molecule has 0 fully saturated rings. The Labute approximate surface area is 117 Å². The summed E-state index contributed by atoms with van der Waals surface area (Å²) in [6.07, 6.45) is 5.16. The summed E-state index contributed by atoms with van der Waals surface area (Å²) in [4.78, 5) is 11.6. The Hall–Kier alpha value is -0.870. The molecule has 0 aliphatic rings. The van der Waals surface area contributed by atoms with Crippen molar-refractivity contribution in [2.75, 3.05) is 26.3 Å². The molecule has 0 radical (unpaired) electrons. The molecule has 0 aromatic carbocycles. The van der Waals surface area contributed by atoms with Gasteiger partial charge in [-0.3, -0.25) is 4.79 Å². The summed E-state index contributed by atoms with van der Waals surface area (Å²) in [5, 5.41) is 2.87. The van der Waals surface area contributed by atoms with E-state index in [2.05, 4.69) is 25.7 Å². The SMILES string of the molecule is C=CCCOCCNC(=O)CCC(CCN)C(C)C. The van der Waals surface area contributed by atoms with Gasteiger partial charge in [-0.2, -0.15) is 0 Å². The van der Waals surface area contributed by atoms with Crippen LogP contribution in [0.2, 0.25) is 0 Å². The topological polar surface area (TPSA) is 64.3 Å². The number of nitrogens with one attached hydrogen (secondary N) is 1.